The molecule has 82 valence electrons. The Kier molecular flexibility index (Phi) is 2.82. The van der Waals surface area contributed by atoms with E-state index in [2.05, 4.69) is 31.0 Å². The third-order valence-electron chi connectivity index (χ3n) is 3.34. The zero-order valence-corrected chi connectivity index (χ0v) is 9.55. The molecule has 14 heavy (non-hydrogen) atoms. The molecule has 2 saturated heterocycles. The van der Waals surface area contributed by atoms with Crippen molar-refractivity contribution in [3.8, 4) is 0 Å². The van der Waals surface area contributed by atoms with Crippen LogP contribution >= 0.6 is 0 Å². The van der Waals surface area contributed by atoms with E-state index in [1.807, 2.05) is 0 Å². The molecule has 2 heterocycles. The SMILES string of the molecule is CC(C)(C)N1CC[C@H]2OCCN[C@@H]2C1. The predicted octanol–water partition coefficient (Wildman–Crippen LogP) is 0.848. The predicted molar refractivity (Wildman–Crippen MR) is 57.5 cm³/mol. The average molecular weight is 198 g/mol. The molecule has 2 rings (SSSR count). The first kappa shape index (κ1) is 10.4. The van der Waals surface area contributed by atoms with Gasteiger partial charge in [-0.1, -0.05) is 0 Å². The highest BCUT2D eigenvalue weighted by Crippen LogP contribution is 2.23. The van der Waals surface area contributed by atoms with Crippen LogP contribution < -0.4 is 5.32 Å². The van der Waals surface area contributed by atoms with Gasteiger partial charge in [-0.05, 0) is 27.2 Å². The van der Waals surface area contributed by atoms with Gasteiger partial charge in [0.1, 0.15) is 0 Å². The molecule has 0 saturated carbocycles. The Labute approximate surface area is 86.8 Å². The highest BCUT2D eigenvalue weighted by Gasteiger charge is 2.35. The molecular formula is C11H22N2O. The van der Waals surface area contributed by atoms with E-state index < -0.39 is 0 Å². The van der Waals surface area contributed by atoms with Crippen molar-refractivity contribution in [1.29, 1.82) is 0 Å². The quantitative estimate of drug-likeness (QED) is 0.624. The smallest absolute Gasteiger partial charge is 0.0753 e. The lowest BCUT2D eigenvalue weighted by atomic mass is 9.95. The number of piperidine rings is 1. The second-order valence-corrected chi connectivity index (χ2v) is 5.38. The van der Waals surface area contributed by atoms with Crippen molar-refractivity contribution in [2.75, 3.05) is 26.2 Å². The van der Waals surface area contributed by atoms with Crippen molar-refractivity contribution in [2.45, 2.75) is 44.9 Å². The van der Waals surface area contributed by atoms with Gasteiger partial charge >= 0.3 is 0 Å². The third kappa shape index (κ3) is 2.10. The van der Waals surface area contributed by atoms with Crippen LogP contribution in [0.15, 0.2) is 0 Å². The minimum Gasteiger partial charge on any atom is -0.375 e. The van der Waals surface area contributed by atoms with Gasteiger partial charge in [0, 0.05) is 31.2 Å². The highest BCUT2D eigenvalue weighted by molar-refractivity contribution is 4.92. The summed E-state index contributed by atoms with van der Waals surface area (Å²) in [7, 11) is 0. The number of rotatable bonds is 0. The van der Waals surface area contributed by atoms with E-state index in [0.29, 0.717) is 17.7 Å². The van der Waals surface area contributed by atoms with Gasteiger partial charge in [0.05, 0.1) is 12.7 Å². The normalized spacial score (nSPS) is 35.4. The first-order valence-corrected chi connectivity index (χ1v) is 5.67. The summed E-state index contributed by atoms with van der Waals surface area (Å²) in [6.45, 7) is 11.1. The summed E-state index contributed by atoms with van der Waals surface area (Å²) in [6.07, 6.45) is 1.64. The Morgan fingerprint density at radius 3 is 2.86 bits per heavy atom. The van der Waals surface area contributed by atoms with E-state index in [0.717, 1.165) is 19.7 Å². The van der Waals surface area contributed by atoms with Crippen LogP contribution in [0.3, 0.4) is 0 Å². The molecule has 3 heteroatoms. The van der Waals surface area contributed by atoms with Crippen LogP contribution in [0.1, 0.15) is 27.2 Å². The zero-order chi connectivity index (χ0) is 10.2. The molecule has 0 aromatic rings. The molecule has 2 fully saturated rings. The molecule has 0 bridgehead atoms. The van der Waals surface area contributed by atoms with E-state index in [9.17, 15) is 0 Å². The van der Waals surface area contributed by atoms with Crippen LogP contribution in [-0.4, -0.2) is 48.8 Å². The summed E-state index contributed by atoms with van der Waals surface area (Å²) in [5.41, 5.74) is 0.296. The van der Waals surface area contributed by atoms with Gasteiger partial charge < -0.3 is 10.1 Å². The van der Waals surface area contributed by atoms with Crippen LogP contribution in [0.5, 0.6) is 0 Å². The third-order valence-corrected chi connectivity index (χ3v) is 3.34. The molecule has 1 N–H and O–H groups in total. The van der Waals surface area contributed by atoms with Gasteiger partial charge in [-0.2, -0.15) is 0 Å². The number of morpholine rings is 1. The summed E-state index contributed by atoms with van der Waals surface area (Å²) >= 11 is 0. The van der Waals surface area contributed by atoms with E-state index in [1.54, 1.807) is 0 Å². The largest absolute Gasteiger partial charge is 0.375 e. The van der Waals surface area contributed by atoms with E-state index in [4.69, 9.17) is 4.74 Å². The van der Waals surface area contributed by atoms with Crippen LogP contribution in [0.4, 0.5) is 0 Å². The van der Waals surface area contributed by atoms with Crippen molar-refractivity contribution in [3.63, 3.8) is 0 Å². The first-order valence-electron chi connectivity index (χ1n) is 5.67. The van der Waals surface area contributed by atoms with E-state index >= 15 is 0 Å². The number of nitrogens with one attached hydrogen (secondary N) is 1. The Morgan fingerprint density at radius 2 is 2.14 bits per heavy atom. The summed E-state index contributed by atoms with van der Waals surface area (Å²) in [6, 6.07) is 0.553. The fourth-order valence-electron chi connectivity index (χ4n) is 2.39. The Morgan fingerprint density at radius 1 is 1.36 bits per heavy atom. The molecule has 2 atom stereocenters. The molecule has 2 aliphatic heterocycles. The van der Waals surface area contributed by atoms with Crippen molar-refractivity contribution in [3.05, 3.63) is 0 Å². The van der Waals surface area contributed by atoms with Gasteiger partial charge in [0.15, 0.2) is 0 Å². The Bertz CT molecular complexity index is 200. The number of hydrogen-bond donors (Lipinski definition) is 1. The van der Waals surface area contributed by atoms with Crippen LogP contribution in [0, 0.1) is 0 Å². The first-order chi connectivity index (χ1) is 6.57. The van der Waals surface area contributed by atoms with Crippen LogP contribution in [0.25, 0.3) is 0 Å². The zero-order valence-electron chi connectivity index (χ0n) is 9.55. The maximum absolute atomic E-state index is 5.75. The molecule has 3 nitrogen and oxygen atoms in total. The lowest BCUT2D eigenvalue weighted by molar-refractivity contribution is -0.0589. The Balaban J connectivity index is 1.96. The monoisotopic (exact) mass is 198 g/mol. The molecule has 0 aromatic heterocycles. The van der Waals surface area contributed by atoms with Gasteiger partial charge in [-0.25, -0.2) is 0 Å². The van der Waals surface area contributed by atoms with Crippen LogP contribution in [-0.2, 0) is 4.74 Å². The number of ether oxygens (including phenoxy) is 1. The molecule has 0 spiro atoms. The summed E-state index contributed by atoms with van der Waals surface area (Å²) < 4.78 is 5.75. The molecule has 0 aliphatic carbocycles. The molecule has 0 aromatic carbocycles. The van der Waals surface area contributed by atoms with Crippen molar-refractivity contribution in [2.24, 2.45) is 0 Å². The lowest BCUT2D eigenvalue weighted by Crippen LogP contribution is -2.61. The second-order valence-electron chi connectivity index (χ2n) is 5.38. The second kappa shape index (κ2) is 3.80. The van der Waals surface area contributed by atoms with Crippen molar-refractivity contribution in [1.82, 2.24) is 10.2 Å². The molecule has 2 aliphatic rings. The summed E-state index contributed by atoms with van der Waals surface area (Å²) in [5, 5.41) is 3.56. The highest BCUT2D eigenvalue weighted by atomic mass is 16.5. The fourth-order valence-corrected chi connectivity index (χ4v) is 2.39. The van der Waals surface area contributed by atoms with Gasteiger partial charge in [-0.3, -0.25) is 4.90 Å². The van der Waals surface area contributed by atoms with Crippen LogP contribution in [0.2, 0.25) is 0 Å². The van der Waals surface area contributed by atoms with Crippen molar-refractivity contribution >= 4 is 0 Å². The number of fused-ring (bicyclic) bond motifs is 1. The van der Waals surface area contributed by atoms with E-state index in [1.165, 1.54) is 13.0 Å². The van der Waals surface area contributed by atoms with Gasteiger partial charge in [0.25, 0.3) is 0 Å². The fraction of sp³-hybridized carbons (Fsp3) is 1.00. The maximum atomic E-state index is 5.75. The number of nitrogens with zero attached hydrogens (tertiary/aromatic N) is 1. The topological polar surface area (TPSA) is 24.5 Å². The lowest BCUT2D eigenvalue weighted by Gasteiger charge is -2.46. The molecule has 0 radical (unpaired) electrons. The Hall–Kier alpha value is -0.120. The minimum atomic E-state index is 0.296. The van der Waals surface area contributed by atoms with E-state index in [-0.39, 0.29) is 0 Å². The standard InChI is InChI=1S/C11H22N2O/c1-11(2,3)13-6-4-10-9(8-13)12-5-7-14-10/h9-10,12H,4-8H2,1-3H3/t9-,10-/m1/s1. The maximum Gasteiger partial charge on any atom is 0.0753 e. The summed E-state index contributed by atoms with van der Waals surface area (Å²) in [5.74, 6) is 0. The van der Waals surface area contributed by atoms with Gasteiger partial charge in [0.2, 0.25) is 0 Å². The van der Waals surface area contributed by atoms with Gasteiger partial charge in [-0.15, -0.1) is 0 Å². The summed E-state index contributed by atoms with van der Waals surface area (Å²) in [4.78, 5) is 2.55. The minimum absolute atomic E-state index is 0.296. The number of likely N-dealkylation sites (tertiary alicyclic amines) is 1. The molecule has 0 amide bonds. The molecular weight excluding hydrogens is 176 g/mol. The number of hydrogen-bond acceptors (Lipinski definition) is 3. The van der Waals surface area contributed by atoms with Crippen molar-refractivity contribution < 1.29 is 4.74 Å². The molecule has 0 unspecified atom stereocenters. The average Bonchev–Trinajstić information content (AvgIpc) is 2.16.